The third-order valence-electron chi connectivity index (χ3n) is 3.71. The van der Waals surface area contributed by atoms with Crippen LogP contribution in [0.1, 0.15) is 56.0 Å². The maximum absolute atomic E-state index is 4.42. The zero-order valence-electron chi connectivity index (χ0n) is 12.9. The second-order valence-electron chi connectivity index (χ2n) is 5.52. The molecule has 0 amide bonds. The van der Waals surface area contributed by atoms with Crippen LogP contribution >= 0.6 is 0 Å². The van der Waals surface area contributed by atoms with E-state index < -0.39 is 0 Å². The van der Waals surface area contributed by atoms with E-state index in [-0.39, 0.29) is 6.04 Å². The average molecular weight is 271 g/mol. The van der Waals surface area contributed by atoms with E-state index in [0.29, 0.717) is 5.92 Å². The number of nitrogens with one attached hydrogen (secondary N) is 1. The Balaban J connectivity index is 2.29. The number of aryl methyl sites for hydroxylation is 1. The number of benzene rings is 1. The Bertz CT molecular complexity index is 525. The van der Waals surface area contributed by atoms with Gasteiger partial charge in [0, 0.05) is 12.7 Å². The van der Waals surface area contributed by atoms with Crippen molar-refractivity contribution in [2.24, 2.45) is 0 Å². The summed E-state index contributed by atoms with van der Waals surface area (Å²) in [6.45, 7) is 7.59. The van der Waals surface area contributed by atoms with Crippen LogP contribution in [0.4, 0.5) is 0 Å². The molecule has 0 bridgehead atoms. The normalized spacial score (nSPS) is 12.8. The summed E-state index contributed by atoms with van der Waals surface area (Å²) in [5.41, 5.74) is 3.90. The molecule has 3 heteroatoms. The second-order valence-corrected chi connectivity index (χ2v) is 5.52. The summed E-state index contributed by atoms with van der Waals surface area (Å²) in [7, 11) is 2.00. The zero-order chi connectivity index (χ0) is 14.5. The fraction of sp³-hybridized carbons (Fsp3) is 0.471. The van der Waals surface area contributed by atoms with Gasteiger partial charge in [0.2, 0.25) is 0 Å². The molecular weight excluding hydrogens is 246 g/mol. The third-order valence-corrected chi connectivity index (χ3v) is 3.71. The number of hydrogen-bond donors (Lipinski definition) is 1. The predicted molar refractivity (Wildman–Crippen MR) is 84.0 cm³/mol. The second kappa shape index (κ2) is 6.71. The Hall–Kier alpha value is -1.61. The molecule has 1 aromatic carbocycles. The topological polar surface area (TPSA) is 29.9 Å². The summed E-state index contributed by atoms with van der Waals surface area (Å²) < 4.78 is 2.09. The maximum Gasteiger partial charge on any atom is 0.0745 e. The fourth-order valence-corrected chi connectivity index (χ4v) is 2.55. The first kappa shape index (κ1) is 14.8. The lowest BCUT2D eigenvalue weighted by atomic mass is 9.98. The standard InChI is InChI=1S/C17H25N3/c1-5-12-20-16(10-11-19-20)17(18-4)15-8-6-14(7-9-15)13(2)3/h6-11,13,17-18H,5,12H2,1-4H3. The van der Waals surface area contributed by atoms with E-state index in [1.165, 1.54) is 16.8 Å². The van der Waals surface area contributed by atoms with Crippen LogP contribution in [0, 0.1) is 0 Å². The maximum atomic E-state index is 4.42. The van der Waals surface area contributed by atoms with Crippen molar-refractivity contribution in [3.05, 3.63) is 53.3 Å². The Labute approximate surface area is 122 Å². The van der Waals surface area contributed by atoms with Crippen molar-refractivity contribution in [1.82, 2.24) is 15.1 Å². The SMILES string of the molecule is CCCn1nccc1C(NC)c1ccc(C(C)C)cc1. The van der Waals surface area contributed by atoms with E-state index in [4.69, 9.17) is 0 Å². The summed E-state index contributed by atoms with van der Waals surface area (Å²) in [4.78, 5) is 0. The van der Waals surface area contributed by atoms with Gasteiger partial charge in [-0.1, -0.05) is 45.0 Å². The molecule has 2 rings (SSSR count). The average Bonchev–Trinajstić information content (AvgIpc) is 2.89. The smallest absolute Gasteiger partial charge is 0.0745 e. The fourth-order valence-electron chi connectivity index (χ4n) is 2.55. The first-order valence-corrected chi connectivity index (χ1v) is 7.46. The lowest BCUT2D eigenvalue weighted by Gasteiger charge is -2.19. The molecule has 1 atom stereocenters. The lowest BCUT2D eigenvalue weighted by Crippen LogP contribution is -2.21. The molecular formula is C17H25N3. The molecule has 1 unspecified atom stereocenters. The van der Waals surface area contributed by atoms with Crippen molar-refractivity contribution in [2.75, 3.05) is 7.05 Å². The Morgan fingerprint density at radius 1 is 1.10 bits per heavy atom. The van der Waals surface area contributed by atoms with Crippen LogP contribution in [0.2, 0.25) is 0 Å². The molecule has 2 aromatic rings. The highest BCUT2D eigenvalue weighted by atomic mass is 15.3. The van der Waals surface area contributed by atoms with Gasteiger partial charge in [-0.3, -0.25) is 4.68 Å². The molecule has 0 aliphatic heterocycles. The van der Waals surface area contributed by atoms with Crippen molar-refractivity contribution >= 4 is 0 Å². The Kier molecular flexibility index (Phi) is 4.96. The van der Waals surface area contributed by atoms with Gasteiger partial charge < -0.3 is 5.32 Å². The molecule has 0 radical (unpaired) electrons. The van der Waals surface area contributed by atoms with Gasteiger partial charge in [-0.25, -0.2) is 0 Å². The van der Waals surface area contributed by atoms with Gasteiger partial charge in [0.25, 0.3) is 0 Å². The van der Waals surface area contributed by atoms with Gasteiger partial charge in [-0.05, 0) is 36.6 Å². The molecule has 0 aliphatic carbocycles. The summed E-state index contributed by atoms with van der Waals surface area (Å²) in [5.74, 6) is 0.572. The van der Waals surface area contributed by atoms with Crippen molar-refractivity contribution in [3.63, 3.8) is 0 Å². The summed E-state index contributed by atoms with van der Waals surface area (Å²) in [6, 6.07) is 11.2. The highest BCUT2D eigenvalue weighted by Gasteiger charge is 2.16. The molecule has 0 fully saturated rings. The third kappa shape index (κ3) is 3.10. The van der Waals surface area contributed by atoms with Crippen molar-refractivity contribution in [2.45, 2.75) is 45.7 Å². The van der Waals surface area contributed by atoms with Crippen LogP contribution in [-0.2, 0) is 6.54 Å². The van der Waals surface area contributed by atoms with E-state index in [9.17, 15) is 0 Å². The Morgan fingerprint density at radius 3 is 2.30 bits per heavy atom. The molecule has 1 N–H and O–H groups in total. The van der Waals surface area contributed by atoms with E-state index in [0.717, 1.165) is 13.0 Å². The molecule has 0 saturated carbocycles. The van der Waals surface area contributed by atoms with Crippen molar-refractivity contribution < 1.29 is 0 Å². The predicted octanol–water partition coefficient (Wildman–Crippen LogP) is 3.73. The number of aromatic nitrogens is 2. The molecule has 0 saturated heterocycles. The van der Waals surface area contributed by atoms with Gasteiger partial charge in [0.15, 0.2) is 0 Å². The monoisotopic (exact) mass is 271 g/mol. The first-order valence-electron chi connectivity index (χ1n) is 7.46. The van der Waals surface area contributed by atoms with Crippen LogP contribution in [0.5, 0.6) is 0 Å². The highest BCUT2D eigenvalue weighted by molar-refractivity contribution is 5.31. The largest absolute Gasteiger partial charge is 0.308 e. The van der Waals surface area contributed by atoms with Gasteiger partial charge in [-0.2, -0.15) is 5.10 Å². The number of rotatable bonds is 6. The van der Waals surface area contributed by atoms with E-state index in [2.05, 4.69) is 66.2 Å². The van der Waals surface area contributed by atoms with Crippen LogP contribution in [0.3, 0.4) is 0 Å². The highest BCUT2D eigenvalue weighted by Crippen LogP contribution is 2.24. The van der Waals surface area contributed by atoms with Crippen molar-refractivity contribution in [1.29, 1.82) is 0 Å². The van der Waals surface area contributed by atoms with Crippen molar-refractivity contribution in [3.8, 4) is 0 Å². The van der Waals surface area contributed by atoms with Gasteiger partial charge in [0.05, 0.1) is 11.7 Å². The molecule has 0 aliphatic rings. The van der Waals surface area contributed by atoms with Crippen LogP contribution in [-0.4, -0.2) is 16.8 Å². The quantitative estimate of drug-likeness (QED) is 0.867. The number of nitrogens with zero attached hydrogens (tertiary/aromatic N) is 2. The van der Waals surface area contributed by atoms with Gasteiger partial charge in [0.1, 0.15) is 0 Å². The molecule has 1 heterocycles. The molecule has 20 heavy (non-hydrogen) atoms. The summed E-state index contributed by atoms with van der Waals surface area (Å²) >= 11 is 0. The molecule has 1 aromatic heterocycles. The number of hydrogen-bond acceptors (Lipinski definition) is 2. The van der Waals surface area contributed by atoms with Crippen LogP contribution in [0.25, 0.3) is 0 Å². The summed E-state index contributed by atoms with van der Waals surface area (Å²) in [6.07, 6.45) is 2.98. The van der Waals surface area contributed by atoms with Crippen LogP contribution in [0.15, 0.2) is 36.5 Å². The molecule has 3 nitrogen and oxygen atoms in total. The van der Waals surface area contributed by atoms with Gasteiger partial charge in [-0.15, -0.1) is 0 Å². The zero-order valence-corrected chi connectivity index (χ0v) is 12.9. The first-order chi connectivity index (χ1) is 9.67. The lowest BCUT2D eigenvalue weighted by molar-refractivity contribution is 0.534. The Morgan fingerprint density at radius 2 is 1.75 bits per heavy atom. The minimum absolute atomic E-state index is 0.199. The molecule has 108 valence electrons. The minimum atomic E-state index is 0.199. The van der Waals surface area contributed by atoms with E-state index in [1.54, 1.807) is 0 Å². The van der Waals surface area contributed by atoms with Gasteiger partial charge >= 0.3 is 0 Å². The van der Waals surface area contributed by atoms with E-state index in [1.807, 2.05) is 13.2 Å². The van der Waals surface area contributed by atoms with E-state index >= 15 is 0 Å². The molecule has 0 spiro atoms. The minimum Gasteiger partial charge on any atom is -0.308 e. The summed E-state index contributed by atoms with van der Waals surface area (Å²) in [5, 5.41) is 7.83. The van der Waals surface area contributed by atoms with Crippen LogP contribution < -0.4 is 5.32 Å².